The molecule has 5 heteroatoms. The summed E-state index contributed by atoms with van der Waals surface area (Å²) in [6.45, 7) is 0.661. The molecule has 0 heterocycles. The second-order valence-corrected chi connectivity index (χ2v) is 6.19. The average molecular weight is 476 g/mol. The summed E-state index contributed by atoms with van der Waals surface area (Å²) < 4.78 is 0. The maximum absolute atomic E-state index is 9.58. The summed E-state index contributed by atoms with van der Waals surface area (Å²) in [7, 11) is 0. The zero-order valence-corrected chi connectivity index (χ0v) is 15.1. The number of nitrogens with two attached hydrogens (primary N) is 1. The van der Waals surface area contributed by atoms with Crippen LogP contribution in [-0.4, -0.2) is 28.6 Å². The number of thiol groups is 1. The van der Waals surface area contributed by atoms with Crippen LogP contribution in [-0.2, 0) is 22.4 Å². The molecule has 0 saturated heterocycles. The molecule has 0 fully saturated rings. The average Bonchev–Trinajstić information content (AvgIpc) is 2.34. The summed E-state index contributed by atoms with van der Waals surface area (Å²) in [4.78, 5) is 0. The number of aliphatic hydroxyl groups excluding tert-OH is 1. The van der Waals surface area contributed by atoms with Crippen LogP contribution in [0.5, 0.6) is 0 Å². The third-order valence-electron chi connectivity index (χ3n) is 2.79. The predicted molar refractivity (Wildman–Crippen MR) is 82.9 cm³/mol. The van der Waals surface area contributed by atoms with Gasteiger partial charge >= 0.3 is 0 Å². The Hall–Kier alpha value is 1.36. The fourth-order valence-electron chi connectivity index (χ4n) is 1.78. The molecule has 1 radical (unpaired) electrons. The molecule has 0 amide bonds. The van der Waals surface area contributed by atoms with Gasteiger partial charge in [0.25, 0.3) is 0 Å². The van der Waals surface area contributed by atoms with Crippen molar-refractivity contribution in [3.8, 4) is 0 Å². The van der Waals surface area contributed by atoms with E-state index in [1.54, 1.807) is 11.8 Å². The van der Waals surface area contributed by atoms with Gasteiger partial charge in [-0.05, 0) is 18.6 Å². The Labute approximate surface area is 138 Å². The molecule has 1 atom stereocenters. The van der Waals surface area contributed by atoms with E-state index in [9.17, 15) is 5.11 Å². The number of hydrogen-bond acceptors (Lipinski definition) is 4. The first-order chi connectivity index (χ1) is 8.31. The summed E-state index contributed by atoms with van der Waals surface area (Å²) >= 11 is 5.78. The first-order valence-electron chi connectivity index (χ1n) is 6.92. The Morgan fingerprint density at radius 3 is 1.94 bits per heavy atom. The summed E-state index contributed by atoms with van der Waals surface area (Å²) in [5.41, 5.74) is 5.18. The minimum Gasteiger partial charge on any atom is -0.382 e. The monoisotopic (exact) mass is 476 g/mol. The Kier molecular flexibility index (Phi) is 22.1. The van der Waals surface area contributed by atoms with Crippen LogP contribution in [0.3, 0.4) is 0 Å². The maximum Gasteiger partial charge on any atom is 0.0993 e. The summed E-state index contributed by atoms with van der Waals surface area (Å²) in [6.07, 6.45) is 11.3. The first kappa shape index (κ1) is 21.7. The third-order valence-corrected chi connectivity index (χ3v) is 4.20. The largest absolute Gasteiger partial charge is 0.382 e. The van der Waals surface area contributed by atoms with Crippen molar-refractivity contribution >= 4 is 24.4 Å². The number of unbranched alkanes of at least 4 members (excludes halogenated alkanes) is 7. The van der Waals surface area contributed by atoms with Gasteiger partial charge < -0.3 is 10.8 Å². The molecule has 18 heavy (non-hydrogen) atoms. The van der Waals surface area contributed by atoms with E-state index in [-0.39, 0.29) is 27.8 Å². The van der Waals surface area contributed by atoms with E-state index in [0.29, 0.717) is 6.54 Å². The Morgan fingerprint density at radius 1 is 0.944 bits per heavy atom. The summed E-state index contributed by atoms with van der Waals surface area (Å²) in [5, 5.41) is 9.58. The Morgan fingerprint density at radius 2 is 1.44 bits per heavy atom. The molecule has 2 nitrogen and oxygen atoms in total. The van der Waals surface area contributed by atoms with Crippen LogP contribution in [0.1, 0.15) is 57.8 Å². The second-order valence-electron chi connectivity index (χ2n) is 4.45. The van der Waals surface area contributed by atoms with E-state index in [2.05, 4.69) is 12.6 Å². The van der Waals surface area contributed by atoms with E-state index in [0.717, 1.165) is 24.3 Å². The molecule has 0 rings (SSSR count). The molecule has 0 spiro atoms. The molecule has 0 aromatic heterocycles. The van der Waals surface area contributed by atoms with E-state index < -0.39 is 0 Å². The van der Waals surface area contributed by atoms with Gasteiger partial charge in [-0.25, -0.2) is 0 Å². The molecular formula is C13H29AuNOS2. The van der Waals surface area contributed by atoms with Crippen molar-refractivity contribution in [1.29, 1.82) is 0 Å². The molecule has 0 aliphatic heterocycles. The van der Waals surface area contributed by atoms with Crippen molar-refractivity contribution in [3.63, 3.8) is 0 Å². The Bertz CT molecular complexity index is 153. The van der Waals surface area contributed by atoms with Crippen molar-refractivity contribution in [2.45, 2.75) is 63.2 Å². The number of rotatable bonds is 13. The minimum absolute atomic E-state index is 0. The van der Waals surface area contributed by atoms with Gasteiger partial charge in [0, 0.05) is 34.7 Å². The van der Waals surface area contributed by atoms with Gasteiger partial charge in [-0.1, -0.05) is 44.9 Å². The first-order valence-corrected chi connectivity index (χ1v) is 8.60. The van der Waals surface area contributed by atoms with E-state index in [1.807, 2.05) is 0 Å². The van der Waals surface area contributed by atoms with Gasteiger partial charge in [0.05, 0.1) is 5.44 Å². The van der Waals surface area contributed by atoms with Crippen LogP contribution in [0, 0.1) is 0 Å². The molecule has 0 bridgehead atoms. The van der Waals surface area contributed by atoms with E-state index in [4.69, 9.17) is 5.73 Å². The molecule has 0 aromatic carbocycles. The van der Waals surface area contributed by atoms with Crippen LogP contribution in [0.2, 0.25) is 0 Å². The van der Waals surface area contributed by atoms with E-state index in [1.165, 1.54) is 44.9 Å². The molecule has 0 aromatic rings. The Balaban J connectivity index is 0. The molecular weight excluding hydrogens is 447 g/mol. The predicted octanol–water partition coefficient (Wildman–Crippen LogP) is 3.43. The van der Waals surface area contributed by atoms with Crippen molar-refractivity contribution < 1.29 is 27.5 Å². The van der Waals surface area contributed by atoms with Crippen LogP contribution in [0.15, 0.2) is 0 Å². The molecule has 0 saturated carbocycles. The second kappa shape index (κ2) is 18.4. The maximum atomic E-state index is 9.58. The van der Waals surface area contributed by atoms with E-state index >= 15 is 0 Å². The van der Waals surface area contributed by atoms with Gasteiger partial charge in [0.2, 0.25) is 0 Å². The smallest absolute Gasteiger partial charge is 0.0993 e. The zero-order valence-electron chi connectivity index (χ0n) is 11.2. The van der Waals surface area contributed by atoms with Crippen LogP contribution in [0.25, 0.3) is 0 Å². The molecule has 1 unspecified atom stereocenters. The standard InChI is InChI=1S/C13H29NOS2.Au/c14-10-12-17-13(15)9-7-5-3-1-2-4-6-8-11-16;/h13,15-16H,1-12,14H2;. The summed E-state index contributed by atoms with van der Waals surface area (Å²) in [5.74, 6) is 1.89. The number of thioether (sulfide) groups is 1. The van der Waals surface area contributed by atoms with Gasteiger partial charge in [0.1, 0.15) is 0 Å². The molecule has 115 valence electrons. The zero-order chi connectivity index (χ0) is 12.8. The third kappa shape index (κ3) is 17.4. The van der Waals surface area contributed by atoms with Crippen molar-refractivity contribution in [2.75, 3.05) is 18.1 Å². The normalized spacial score (nSPS) is 12.2. The molecule has 0 aliphatic rings. The van der Waals surface area contributed by atoms with Gasteiger partial charge in [-0.3, -0.25) is 0 Å². The van der Waals surface area contributed by atoms with Crippen LogP contribution in [0.4, 0.5) is 0 Å². The van der Waals surface area contributed by atoms with Crippen LogP contribution < -0.4 is 5.73 Å². The fourth-order valence-corrected chi connectivity index (χ4v) is 2.74. The SMILES string of the molecule is NCCSC(O)CCCCCCCCCCS.[Au]. The fraction of sp³-hybridized carbons (Fsp3) is 1.00. The summed E-state index contributed by atoms with van der Waals surface area (Å²) in [6, 6.07) is 0. The number of aliphatic hydroxyl groups is 1. The number of hydrogen-bond donors (Lipinski definition) is 3. The minimum atomic E-state index is -0.200. The van der Waals surface area contributed by atoms with Crippen molar-refractivity contribution in [3.05, 3.63) is 0 Å². The van der Waals surface area contributed by atoms with Gasteiger partial charge in [0.15, 0.2) is 0 Å². The van der Waals surface area contributed by atoms with Crippen molar-refractivity contribution in [2.24, 2.45) is 5.73 Å². The van der Waals surface area contributed by atoms with Gasteiger partial charge in [-0.15, -0.1) is 11.8 Å². The van der Waals surface area contributed by atoms with Crippen molar-refractivity contribution in [1.82, 2.24) is 0 Å². The molecule has 0 aliphatic carbocycles. The topological polar surface area (TPSA) is 46.2 Å². The quantitative estimate of drug-likeness (QED) is 0.165. The van der Waals surface area contributed by atoms with Crippen LogP contribution >= 0.6 is 24.4 Å². The molecule has 3 N–H and O–H groups in total. The van der Waals surface area contributed by atoms with Gasteiger partial charge in [-0.2, -0.15) is 12.6 Å².